The summed E-state index contributed by atoms with van der Waals surface area (Å²) in [6, 6.07) is 9.97. The topological polar surface area (TPSA) is 58.1 Å². The molecule has 1 aliphatic rings. The molecule has 0 aliphatic carbocycles. The lowest BCUT2D eigenvalue weighted by molar-refractivity contribution is 0.0984. The van der Waals surface area contributed by atoms with Gasteiger partial charge in [-0.05, 0) is 31.9 Å². The van der Waals surface area contributed by atoms with Gasteiger partial charge in [-0.2, -0.15) is 0 Å². The first-order valence-electron chi connectivity index (χ1n) is 7.13. The zero-order valence-electron chi connectivity index (χ0n) is 12.2. The van der Waals surface area contributed by atoms with E-state index in [0.29, 0.717) is 18.1 Å². The van der Waals surface area contributed by atoms with Crippen molar-refractivity contribution in [1.82, 2.24) is 9.97 Å². The number of carbonyl (C=O) groups excluding carboxylic acids is 1. The maximum Gasteiger partial charge on any atom is 0.277 e. The molecule has 1 aliphatic heterocycles. The molecule has 5 heteroatoms. The fourth-order valence-electron chi connectivity index (χ4n) is 2.54. The van der Waals surface area contributed by atoms with Crippen LogP contribution >= 0.6 is 0 Å². The van der Waals surface area contributed by atoms with E-state index in [1.165, 1.54) is 11.9 Å². The standard InChI is InChI=1S/C16H18N4O/c1-11(2)19-15-9-13(17-10-18-15)16(21)20-8-7-12-5-3-4-6-14(12)20/h3-6,9-11H,7-8H2,1-2H3,(H,17,18,19). The average molecular weight is 282 g/mol. The van der Waals surface area contributed by atoms with Crippen LogP contribution in [0, 0.1) is 0 Å². The number of hydrogen-bond donors (Lipinski definition) is 1. The molecule has 0 radical (unpaired) electrons. The zero-order chi connectivity index (χ0) is 14.8. The Labute approximate surface area is 124 Å². The van der Waals surface area contributed by atoms with Crippen LogP contribution in [0.2, 0.25) is 0 Å². The van der Waals surface area contributed by atoms with Crippen LogP contribution < -0.4 is 10.2 Å². The second kappa shape index (κ2) is 5.52. The number of benzene rings is 1. The highest BCUT2D eigenvalue weighted by molar-refractivity contribution is 6.06. The third kappa shape index (κ3) is 2.72. The van der Waals surface area contributed by atoms with Gasteiger partial charge in [-0.25, -0.2) is 9.97 Å². The van der Waals surface area contributed by atoms with Crippen molar-refractivity contribution in [3.63, 3.8) is 0 Å². The molecule has 108 valence electrons. The van der Waals surface area contributed by atoms with E-state index in [1.54, 1.807) is 11.0 Å². The summed E-state index contributed by atoms with van der Waals surface area (Å²) in [5, 5.41) is 3.19. The first-order valence-corrected chi connectivity index (χ1v) is 7.13. The highest BCUT2D eigenvalue weighted by atomic mass is 16.2. The van der Waals surface area contributed by atoms with Gasteiger partial charge in [0.15, 0.2) is 0 Å². The van der Waals surface area contributed by atoms with Crippen LogP contribution in [-0.2, 0) is 6.42 Å². The lowest BCUT2D eigenvalue weighted by Crippen LogP contribution is -2.29. The number of hydrogen-bond acceptors (Lipinski definition) is 4. The van der Waals surface area contributed by atoms with Crippen LogP contribution in [0.15, 0.2) is 36.7 Å². The molecule has 0 spiro atoms. The van der Waals surface area contributed by atoms with Gasteiger partial charge >= 0.3 is 0 Å². The lowest BCUT2D eigenvalue weighted by Gasteiger charge is -2.17. The summed E-state index contributed by atoms with van der Waals surface area (Å²) in [6.45, 7) is 4.76. The summed E-state index contributed by atoms with van der Waals surface area (Å²) < 4.78 is 0. The van der Waals surface area contributed by atoms with E-state index in [0.717, 1.165) is 12.1 Å². The predicted molar refractivity (Wildman–Crippen MR) is 82.6 cm³/mol. The van der Waals surface area contributed by atoms with Crippen LogP contribution in [0.4, 0.5) is 11.5 Å². The Bertz CT molecular complexity index is 669. The number of fused-ring (bicyclic) bond motifs is 1. The normalized spacial score (nSPS) is 13.4. The number of carbonyl (C=O) groups is 1. The maximum atomic E-state index is 12.7. The molecule has 0 saturated heterocycles. The van der Waals surface area contributed by atoms with Gasteiger partial charge in [0.1, 0.15) is 17.8 Å². The van der Waals surface area contributed by atoms with Crippen LogP contribution in [0.3, 0.4) is 0 Å². The molecule has 0 fully saturated rings. The van der Waals surface area contributed by atoms with Gasteiger partial charge in [-0.1, -0.05) is 18.2 Å². The quantitative estimate of drug-likeness (QED) is 0.939. The van der Waals surface area contributed by atoms with Crippen molar-refractivity contribution < 1.29 is 4.79 Å². The highest BCUT2D eigenvalue weighted by Crippen LogP contribution is 2.28. The minimum atomic E-state index is -0.0749. The number of anilines is 2. The highest BCUT2D eigenvalue weighted by Gasteiger charge is 2.26. The van der Waals surface area contributed by atoms with Gasteiger partial charge in [0.05, 0.1) is 0 Å². The molecule has 0 unspecified atom stereocenters. The van der Waals surface area contributed by atoms with Gasteiger partial charge in [0.25, 0.3) is 5.91 Å². The fourth-order valence-corrected chi connectivity index (χ4v) is 2.54. The molecule has 0 bridgehead atoms. The largest absolute Gasteiger partial charge is 0.368 e. The summed E-state index contributed by atoms with van der Waals surface area (Å²) >= 11 is 0. The monoisotopic (exact) mass is 282 g/mol. The predicted octanol–water partition coefficient (Wildman–Crippen LogP) is 2.50. The minimum absolute atomic E-state index is 0.0749. The number of rotatable bonds is 3. The van der Waals surface area contributed by atoms with E-state index < -0.39 is 0 Å². The molecular weight excluding hydrogens is 264 g/mol. The molecule has 0 saturated carbocycles. The van der Waals surface area contributed by atoms with Gasteiger partial charge in [-0.3, -0.25) is 4.79 Å². The van der Waals surface area contributed by atoms with E-state index in [4.69, 9.17) is 0 Å². The van der Waals surface area contributed by atoms with E-state index in [9.17, 15) is 4.79 Å². The number of para-hydroxylation sites is 1. The summed E-state index contributed by atoms with van der Waals surface area (Å²) in [6.07, 6.45) is 2.32. The molecule has 5 nitrogen and oxygen atoms in total. The van der Waals surface area contributed by atoms with Crippen molar-refractivity contribution in [3.8, 4) is 0 Å². The van der Waals surface area contributed by atoms with Crippen molar-refractivity contribution in [3.05, 3.63) is 47.9 Å². The van der Waals surface area contributed by atoms with E-state index in [1.807, 2.05) is 32.0 Å². The second-order valence-corrected chi connectivity index (χ2v) is 5.42. The molecule has 21 heavy (non-hydrogen) atoms. The SMILES string of the molecule is CC(C)Nc1cc(C(=O)N2CCc3ccccc32)ncn1. The van der Waals surface area contributed by atoms with Gasteiger partial charge in [-0.15, -0.1) is 0 Å². The van der Waals surface area contributed by atoms with Gasteiger partial charge in [0.2, 0.25) is 0 Å². The summed E-state index contributed by atoms with van der Waals surface area (Å²) in [5.41, 5.74) is 2.62. The molecule has 1 aromatic heterocycles. The Morgan fingerprint density at radius 3 is 2.90 bits per heavy atom. The Kier molecular flexibility index (Phi) is 3.56. The van der Waals surface area contributed by atoms with Crippen molar-refractivity contribution in [1.29, 1.82) is 0 Å². The molecule has 3 rings (SSSR count). The summed E-state index contributed by atoms with van der Waals surface area (Å²) in [5.74, 6) is 0.602. The van der Waals surface area contributed by atoms with Crippen molar-refractivity contribution >= 4 is 17.4 Å². The first kappa shape index (κ1) is 13.5. The number of amides is 1. The van der Waals surface area contributed by atoms with E-state index in [2.05, 4.69) is 21.4 Å². The van der Waals surface area contributed by atoms with E-state index in [-0.39, 0.29) is 11.9 Å². The maximum absolute atomic E-state index is 12.7. The molecule has 1 aromatic carbocycles. The molecular formula is C16H18N4O. The first-order chi connectivity index (χ1) is 10.1. The third-order valence-electron chi connectivity index (χ3n) is 3.46. The fraction of sp³-hybridized carbons (Fsp3) is 0.312. The number of aromatic nitrogens is 2. The second-order valence-electron chi connectivity index (χ2n) is 5.42. The van der Waals surface area contributed by atoms with E-state index >= 15 is 0 Å². The smallest absolute Gasteiger partial charge is 0.277 e. The Morgan fingerprint density at radius 1 is 1.29 bits per heavy atom. The number of nitrogens with one attached hydrogen (secondary N) is 1. The summed E-state index contributed by atoms with van der Waals surface area (Å²) in [7, 11) is 0. The minimum Gasteiger partial charge on any atom is -0.368 e. The molecule has 2 aromatic rings. The molecule has 1 N–H and O–H groups in total. The Morgan fingerprint density at radius 2 is 2.10 bits per heavy atom. The van der Waals surface area contributed by atoms with Crippen molar-refractivity contribution in [2.45, 2.75) is 26.3 Å². The Balaban J connectivity index is 1.86. The lowest BCUT2D eigenvalue weighted by atomic mass is 10.2. The average Bonchev–Trinajstić information content (AvgIpc) is 2.90. The van der Waals surface area contributed by atoms with Crippen LogP contribution in [-0.4, -0.2) is 28.5 Å². The van der Waals surface area contributed by atoms with Gasteiger partial charge in [0, 0.05) is 24.3 Å². The molecule has 0 atom stereocenters. The van der Waals surface area contributed by atoms with Gasteiger partial charge < -0.3 is 10.2 Å². The molecule has 2 heterocycles. The number of nitrogens with zero attached hydrogens (tertiary/aromatic N) is 3. The zero-order valence-corrected chi connectivity index (χ0v) is 12.2. The third-order valence-corrected chi connectivity index (χ3v) is 3.46. The summed E-state index contributed by atoms with van der Waals surface area (Å²) in [4.78, 5) is 22.7. The van der Waals surface area contributed by atoms with Crippen molar-refractivity contribution in [2.75, 3.05) is 16.8 Å². The van der Waals surface area contributed by atoms with Crippen molar-refractivity contribution in [2.24, 2.45) is 0 Å². The van der Waals surface area contributed by atoms with Crippen LogP contribution in [0.25, 0.3) is 0 Å². The Hall–Kier alpha value is -2.43. The van der Waals surface area contributed by atoms with Crippen LogP contribution in [0.1, 0.15) is 29.9 Å². The molecule has 1 amide bonds. The van der Waals surface area contributed by atoms with Crippen LogP contribution in [0.5, 0.6) is 0 Å².